The SMILES string of the molecule is Cc1ccccc1OC[C@H](C)NC(=O)COc1ccc(Cl)cc1Br. The molecule has 6 heteroatoms. The summed E-state index contributed by atoms with van der Waals surface area (Å²) in [6, 6.07) is 12.8. The highest BCUT2D eigenvalue weighted by Gasteiger charge is 2.10. The summed E-state index contributed by atoms with van der Waals surface area (Å²) in [6.45, 7) is 4.18. The van der Waals surface area contributed by atoms with Gasteiger partial charge >= 0.3 is 0 Å². The fourth-order valence-electron chi connectivity index (χ4n) is 2.03. The lowest BCUT2D eigenvalue weighted by atomic mass is 10.2. The highest BCUT2D eigenvalue weighted by Crippen LogP contribution is 2.27. The number of hydrogen-bond acceptors (Lipinski definition) is 3. The number of aryl methyl sites for hydroxylation is 1. The molecule has 4 nitrogen and oxygen atoms in total. The van der Waals surface area contributed by atoms with Gasteiger partial charge in [-0.05, 0) is 59.6 Å². The molecule has 0 radical (unpaired) electrons. The highest BCUT2D eigenvalue weighted by molar-refractivity contribution is 9.10. The number of ether oxygens (including phenoxy) is 2. The Labute approximate surface area is 155 Å². The molecule has 1 amide bonds. The molecule has 0 aromatic heterocycles. The molecule has 0 unspecified atom stereocenters. The number of hydrogen-bond donors (Lipinski definition) is 1. The van der Waals surface area contributed by atoms with Gasteiger partial charge in [-0.3, -0.25) is 4.79 Å². The van der Waals surface area contributed by atoms with Crippen LogP contribution in [0.2, 0.25) is 5.02 Å². The van der Waals surface area contributed by atoms with Crippen LogP contribution in [0.5, 0.6) is 11.5 Å². The highest BCUT2D eigenvalue weighted by atomic mass is 79.9. The minimum absolute atomic E-state index is 0.0745. The molecule has 2 aromatic rings. The van der Waals surface area contributed by atoms with E-state index in [1.165, 1.54) is 0 Å². The maximum Gasteiger partial charge on any atom is 0.258 e. The van der Waals surface area contributed by atoms with Crippen molar-refractivity contribution in [1.29, 1.82) is 0 Å². The maximum absolute atomic E-state index is 12.0. The van der Waals surface area contributed by atoms with Crippen molar-refractivity contribution in [2.45, 2.75) is 19.9 Å². The first kappa shape index (κ1) is 18.6. The van der Waals surface area contributed by atoms with Gasteiger partial charge in [-0.2, -0.15) is 0 Å². The second-order valence-electron chi connectivity index (χ2n) is 5.41. The molecule has 0 aliphatic rings. The number of nitrogens with one attached hydrogen (secondary N) is 1. The predicted molar refractivity (Wildman–Crippen MR) is 98.9 cm³/mol. The number of para-hydroxylation sites is 1. The van der Waals surface area contributed by atoms with E-state index in [0.717, 1.165) is 11.3 Å². The lowest BCUT2D eigenvalue weighted by Crippen LogP contribution is -2.39. The Hall–Kier alpha value is -1.72. The van der Waals surface area contributed by atoms with Gasteiger partial charge in [0, 0.05) is 5.02 Å². The summed E-state index contributed by atoms with van der Waals surface area (Å²) in [5.74, 6) is 1.18. The topological polar surface area (TPSA) is 47.6 Å². The Morgan fingerprint density at radius 2 is 1.96 bits per heavy atom. The van der Waals surface area contributed by atoms with Crippen molar-refractivity contribution in [2.75, 3.05) is 13.2 Å². The number of rotatable bonds is 7. The molecule has 0 saturated heterocycles. The molecular weight excluding hydrogens is 394 g/mol. The first-order chi connectivity index (χ1) is 11.5. The average Bonchev–Trinajstić information content (AvgIpc) is 2.53. The summed E-state index contributed by atoms with van der Waals surface area (Å²) >= 11 is 9.21. The summed E-state index contributed by atoms with van der Waals surface area (Å²) in [5, 5.41) is 3.44. The zero-order chi connectivity index (χ0) is 17.5. The number of benzene rings is 2. The largest absolute Gasteiger partial charge is 0.491 e. The molecule has 0 aliphatic heterocycles. The molecule has 128 valence electrons. The van der Waals surface area contributed by atoms with Crippen LogP contribution in [0.3, 0.4) is 0 Å². The van der Waals surface area contributed by atoms with Gasteiger partial charge < -0.3 is 14.8 Å². The van der Waals surface area contributed by atoms with Crippen molar-refractivity contribution in [2.24, 2.45) is 0 Å². The zero-order valence-corrected chi connectivity index (χ0v) is 15.9. The first-order valence-electron chi connectivity index (χ1n) is 7.51. The molecule has 0 heterocycles. The maximum atomic E-state index is 12.0. The third kappa shape index (κ3) is 5.73. The van der Waals surface area contributed by atoms with Crippen molar-refractivity contribution in [1.82, 2.24) is 5.32 Å². The number of amides is 1. The van der Waals surface area contributed by atoms with Crippen molar-refractivity contribution in [3.05, 3.63) is 57.5 Å². The lowest BCUT2D eigenvalue weighted by molar-refractivity contribution is -0.123. The van der Waals surface area contributed by atoms with E-state index < -0.39 is 0 Å². The summed E-state index contributed by atoms with van der Waals surface area (Å²) in [7, 11) is 0. The lowest BCUT2D eigenvalue weighted by Gasteiger charge is -2.16. The Morgan fingerprint density at radius 3 is 2.67 bits per heavy atom. The molecule has 2 aromatic carbocycles. The molecule has 0 bridgehead atoms. The third-order valence-corrected chi connectivity index (χ3v) is 4.10. The first-order valence-corrected chi connectivity index (χ1v) is 8.68. The summed E-state index contributed by atoms with van der Waals surface area (Å²) in [6.07, 6.45) is 0. The average molecular weight is 413 g/mol. The van der Waals surface area contributed by atoms with Crippen molar-refractivity contribution in [3.63, 3.8) is 0 Å². The van der Waals surface area contributed by atoms with Crippen LogP contribution in [0.15, 0.2) is 46.9 Å². The molecule has 2 rings (SSSR count). The molecule has 0 spiro atoms. The Kier molecular flexibility index (Phi) is 6.94. The van der Waals surface area contributed by atoms with E-state index in [1.54, 1.807) is 18.2 Å². The van der Waals surface area contributed by atoms with Crippen LogP contribution in [0.4, 0.5) is 0 Å². The van der Waals surface area contributed by atoms with E-state index in [9.17, 15) is 4.79 Å². The number of halogens is 2. The van der Waals surface area contributed by atoms with Gasteiger partial charge in [-0.1, -0.05) is 29.8 Å². The van der Waals surface area contributed by atoms with Crippen LogP contribution < -0.4 is 14.8 Å². The van der Waals surface area contributed by atoms with Gasteiger partial charge in [0.15, 0.2) is 6.61 Å². The van der Waals surface area contributed by atoms with Crippen molar-refractivity contribution >= 4 is 33.4 Å². The van der Waals surface area contributed by atoms with Crippen LogP contribution in [0, 0.1) is 6.92 Å². The number of carbonyl (C=O) groups excluding carboxylic acids is 1. The normalized spacial score (nSPS) is 11.7. The smallest absolute Gasteiger partial charge is 0.258 e. The monoisotopic (exact) mass is 411 g/mol. The zero-order valence-electron chi connectivity index (χ0n) is 13.5. The molecular formula is C18H19BrClNO3. The predicted octanol–water partition coefficient (Wildman–Crippen LogP) is 4.37. The second-order valence-corrected chi connectivity index (χ2v) is 6.70. The Balaban J connectivity index is 1.76. The van der Waals surface area contributed by atoms with Crippen LogP contribution in [-0.4, -0.2) is 25.2 Å². The van der Waals surface area contributed by atoms with Gasteiger partial charge in [0.2, 0.25) is 0 Å². The van der Waals surface area contributed by atoms with Gasteiger partial charge in [0.25, 0.3) is 5.91 Å². The van der Waals surface area contributed by atoms with Gasteiger partial charge in [0.05, 0.1) is 10.5 Å². The molecule has 1 atom stereocenters. The van der Waals surface area contributed by atoms with E-state index in [1.807, 2.05) is 38.1 Å². The van der Waals surface area contributed by atoms with Crippen LogP contribution in [0.1, 0.15) is 12.5 Å². The van der Waals surface area contributed by atoms with E-state index in [2.05, 4.69) is 21.2 Å². The van der Waals surface area contributed by atoms with Crippen molar-refractivity contribution < 1.29 is 14.3 Å². The van der Waals surface area contributed by atoms with E-state index in [0.29, 0.717) is 21.9 Å². The molecule has 1 N–H and O–H groups in total. The fourth-order valence-corrected chi connectivity index (χ4v) is 2.82. The summed E-state index contributed by atoms with van der Waals surface area (Å²) < 4.78 is 11.9. The standard InChI is InChI=1S/C18H19BrClNO3/c1-12-5-3-4-6-16(12)23-10-13(2)21-18(22)11-24-17-8-7-14(20)9-15(17)19/h3-9,13H,10-11H2,1-2H3,(H,21,22)/t13-/m0/s1. The van der Waals surface area contributed by atoms with Gasteiger partial charge in [-0.15, -0.1) is 0 Å². The fraction of sp³-hybridized carbons (Fsp3) is 0.278. The van der Waals surface area contributed by atoms with Crippen molar-refractivity contribution in [3.8, 4) is 11.5 Å². The van der Waals surface area contributed by atoms with Gasteiger partial charge in [-0.25, -0.2) is 0 Å². The second kappa shape index (κ2) is 8.94. The van der Waals surface area contributed by atoms with Crippen LogP contribution in [0.25, 0.3) is 0 Å². The van der Waals surface area contributed by atoms with Crippen LogP contribution >= 0.6 is 27.5 Å². The molecule has 0 saturated carbocycles. The quantitative estimate of drug-likeness (QED) is 0.734. The van der Waals surface area contributed by atoms with Crippen LogP contribution in [-0.2, 0) is 4.79 Å². The number of carbonyl (C=O) groups is 1. The van der Waals surface area contributed by atoms with E-state index in [4.69, 9.17) is 21.1 Å². The minimum atomic E-state index is -0.210. The third-order valence-electron chi connectivity index (χ3n) is 3.24. The molecule has 0 aliphatic carbocycles. The Bertz CT molecular complexity index is 708. The Morgan fingerprint density at radius 1 is 1.21 bits per heavy atom. The molecule has 0 fully saturated rings. The summed E-state index contributed by atoms with van der Waals surface area (Å²) in [5.41, 5.74) is 1.06. The van der Waals surface area contributed by atoms with E-state index in [-0.39, 0.29) is 18.6 Å². The molecule has 24 heavy (non-hydrogen) atoms. The summed E-state index contributed by atoms with van der Waals surface area (Å²) in [4.78, 5) is 12.0. The van der Waals surface area contributed by atoms with E-state index >= 15 is 0 Å². The van der Waals surface area contributed by atoms with Gasteiger partial charge in [0.1, 0.15) is 18.1 Å². The minimum Gasteiger partial charge on any atom is -0.491 e.